The smallest absolute Gasteiger partial charge is 0.257 e. The third kappa shape index (κ3) is 3.81. The van der Waals surface area contributed by atoms with Gasteiger partial charge in [-0.3, -0.25) is 4.79 Å². The molecule has 0 spiro atoms. The minimum absolute atomic E-state index is 0.155. The molecule has 0 bridgehead atoms. The van der Waals surface area contributed by atoms with Crippen LogP contribution in [0.15, 0.2) is 22.9 Å². The summed E-state index contributed by atoms with van der Waals surface area (Å²) >= 11 is 0. The van der Waals surface area contributed by atoms with Crippen LogP contribution in [0.5, 0.6) is 5.88 Å². The molecule has 0 aliphatic heterocycles. The maximum absolute atomic E-state index is 12.2. The standard InChI is InChI=1S/C15H20N4O3/c1-5-21-13-10(7-6-8-16-13)12(20)17-9-11-18-14(19-22-11)15(2,3)4/h6-8H,5,9H2,1-4H3,(H,17,20). The van der Waals surface area contributed by atoms with E-state index in [0.29, 0.717) is 29.8 Å². The molecule has 0 aliphatic rings. The van der Waals surface area contributed by atoms with Crippen molar-refractivity contribution in [2.75, 3.05) is 6.61 Å². The molecule has 0 fully saturated rings. The molecule has 0 saturated heterocycles. The number of carbonyl (C=O) groups is 1. The van der Waals surface area contributed by atoms with Gasteiger partial charge in [0.25, 0.3) is 5.91 Å². The second-order valence-corrected chi connectivity index (χ2v) is 5.73. The molecule has 7 nitrogen and oxygen atoms in total. The van der Waals surface area contributed by atoms with Crippen molar-refractivity contribution in [3.63, 3.8) is 0 Å². The first-order valence-electron chi connectivity index (χ1n) is 7.11. The van der Waals surface area contributed by atoms with Gasteiger partial charge in [0, 0.05) is 11.6 Å². The molecule has 1 N–H and O–H groups in total. The molecule has 0 saturated carbocycles. The van der Waals surface area contributed by atoms with Gasteiger partial charge in [-0.2, -0.15) is 4.98 Å². The van der Waals surface area contributed by atoms with E-state index in [1.54, 1.807) is 18.3 Å². The van der Waals surface area contributed by atoms with Crippen molar-refractivity contribution >= 4 is 5.91 Å². The van der Waals surface area contributed by atoms with Gasteiger partial charge in [0.2, 0.25) is 11.8 Å². The lowest BCUT2D eigenvalue weighted by atomic mass is 9.96. The average molecular weight is 304 g/mol. The fourth-order valence-corrected chi connectivity index (χ4v) is 1.70. The quantitative estimate of drug-likeness (QED) is 0.909. The molecule has 2 aromatic heterocycles. The maximum atomic E-state index is 12.2. The second kappa shape index (κ2) is 6.55. The van der Waals surface area contributed by atoms with E-state index in [4.69, 9.17) is 9.26 Å². The fraction of sp³-hybridized carbons (Fsp3) is 0.467. The highest BCUT2D eigenvalue weighted by Gasteiger charge is 2.21. The van der Waals surface area contributed by atoms with Crippen LogP contribution in [0.4, 0.5) is 0 Å². The van der Waals surface area contributed by atoms with Gasteiger partial charge in [0.05, 0.1) is 13.2 Å². The Bertz CT molecular complexity index is 646. The monoisotopic (exact) mass is 304 g/mol. The molecule has 118 valence electrons. The van der Waals surface area contributed by atoms with Gasteiger partial charge < -0.3 is 14.6 Å². The summed E-state index contributed by atoms with van der Waals surface area (Å²) < 4.78 is 10.5. The number of ether oxygens (including phenoxy) is 1. The van der Waals surface area contributed by atoms with Gasteiger partial charge in [-0.25, -0.2) is 4.98 Å². The average Bonchev–Trinajstić information content (AvgIpc) is 2.95. The van der Waals surface area contributed by atoms with Crippen molar-refractivity contribution in [3.8, 4) is 5.88 Å². The van der Waals surface area contributed by atoms with Gasteiger partial charge in [-0.1, -0.05) is 25.9 Å². The number of rotatable bonds is 5. The number of hydrogen-bond acceptors (Lipinski definition) is 6. The van der Waals surface area contributed by atoms with Crippen LogP contribution in [0.1, 0.15) is 49.8 Å². The summed E-state index contributed by atoms with van der Waals surface area (Å²) in [4.78, 5) is 20.5. The van der Waals surface area contributed by atoms with Crippen LogP contribution in [-0.4, -0.2) is 27.6 Å². The lowest BCUT2D eigenvalue weighted by Crippen LogP contribution is -2.24. The first-order valence-corrected chi connectivity index (χ1v) is 7.11. The highest BCUT2D eigenvalue weighted by atomic mass is 16.5. The van der Waals surface area contributed by atoms with E-state index >= 15 is 0 Å². The first kappa shape index (κ1) is 15.9. The molecule has 2 heterocycles. The Morgan fingerprint density at radius 1 is 1.41 bits per heavy atom. The van der Waals surface area contributed by atoms with Gasteiger partial charge in [0.1, 0.15) is 5.56 Å². The number of carbonyl (C=O) groups excluding carboxylic acids is 1. The van der Waals surface area contributed by atoms with E-state index in [0.717, 1.165) is 0 Å². The zero-order valence-electron chi connectivity index (χ0n) is 13.2. The SMILES string of the molecule is CCOc1ncccc1C(=O)NCc1nc(C(C)(C)C)no1. The number of nitrogens with one attached hydrogen (secondary N) is 1. The number of pyridine rings is 1. The van der Waals surface area contributed by atoms with E-state index in [1.165, 1.54) is 0 Å². The van der Waals surface area contributed by atoms with Crippen LogP contribution in [0.25, 0.3) is 0 Å². The van der Waals surface area contributed by atoms with Crippen LogP contribution in [0.2, 0.25) is 0 Å². The highest BCUT2D eigenvalue weighted by molar-refractivity contribution is 5.96. The molecule has 0 aliphatic carbocycles. The normalized spacial score (nSPS) is 11.3. The van der Waals surface area contributed by atoms with Gasteiger partial charge >= 0.3 is 0 Å². The fourth-order valence-electron chi connectivity index (χ4n) is 1.70. The van der Waals surface area contributed by atoms with Crippen LogP contribution in [0.3, 0.4) is 0 Å². The Labute approximate surface area is 129 Å². The largest absolute Gasteiger partial charge is 0.477 e. The van der Waals surface area contributed by atoms with E-state index in [9.17, 15) is 4.79 Å². The molecule has 0 aromatic carbocycles. The van der Waals surface area contributed by atoms with Crippen molar-refractivity contribution in [1.29, 1.82) is 0 Å². The molecule has 0 unspecified atom stereocenters. The lowest BCUT2D eigenvalue weighted by Gasteiger charge is -2.11. The van der Waals surface area contributed by atoms with Crippen molar-refractivity contribution in [3.05, 3.63) is 35.6 Å². The molecular formula is C15H20N4O3. The maximum Gasteiger partial charge on any atom is 0.257 e. The summed E-state index contributed by atoms with van der Waals surface area (Å²) in [6.45, 7) is 8.40. The molecule has 0 atom stereocenters. The Hall–Kier alpha value is -2.44. The van der Waals surface area contributed by atoms with Crippen LogP contribution >= 0.6 is 0 Å². The minimum Gasteiger partial charge on any atom is -0.477 e. The predicted molar refractivity (Wildman–Crippen MR) is 79.6 cm³/mol. The molecule has 22 heavy (non-hydrogen) atoms. The van der Waals surface area contributed by atoms with Crippen LogP contribution in [-0.2, 0) is 12.0 Å². The van der Waals surface area contributed by atoms with E-state index in [2.05, 4.69) is 20.4 Å². The predicted octanol–water partition coefficient (Wildman–Crippen LogP) is 2.09. The van der Waals surface area contributed by atoms with Crippen molar-refractivity contribution in [1.82, 2.24) is 20.4 Å². The van der Waals surface area contributed by atoms with Crippen LogP contribution < -0.4 is 10.1 Å². The van der Waals surface area contributed by atoms with Crippen molar-refractivity contribution < 1.29 is 14.1 Å². The number of amides is 1. The zero-order valence-corrected chi connectivity index (χ0v) is 13.2. The first-order chi connectivity index (χ1) is 10.4. The summed E-state index contributed by atoms with van der Waals surface area (Å²) in [6.07, 6.45) is 1.58. The summed E-state index contributed by atoms with van der Waals surface area (Å²) in [5, 5.41) is 6.63. The molecule has 7 heteroatoms. The van der Waals surface area contributed by atoms with Gasteiger partial charge in [-0.15, -0.1) is 0 Å². The number of hydrogen-bond donors (Lipinski definition) is 1. The number of aromatic nitrogens is 3. The Morgan fingerprint density at radius 2 is 2.18 bits per heavy atom. The lowest BCUT2D eigenvalue weighted by molar-refractivity contribution is 0.0941. The second-order valence-electron chi connectivity index (χ2n) is 5.73. The molecular weight excluding hydrogens is 284 g/mol. The van der Waals surface area contributed by atoms with Crippen LogP contribution in [0, 0.1) is 0 Å². The van der Waals surface area contributed by atoms with Crippen molar-refractivity contribution in [2.24, 2.45) is 0 Å². The molecule has 1 amide bonds. The summed E-state index contributed by atoms with van der Waals surface area (Å²) in [6, 6.07) is 3.34. The van der Waals surface area contributed by atoms with E-state index in [-0.39, 0.29) is 17.9 Å². The third-order valence-electron chi connectivity index (χ3n) is 2.84. The minimum atomic E-state index is -0.299. The topological polar surface area (TPSA) is 90.1 Å². The highest BCUT2D eigenvalue weighted by Crippen LogP contribution is 2.18. The van der Waals surface area contributed by atoms with Crippen molar-refractivity contribution in [2.45, 2.75) is 39.7 Å². The Morgan fingerprint density at radius 3 is 2.82 bits per heavy atom. The molecule has 0 radical (unpaired) electrons. The Balaban J connectivity index is 2.03. The zero-order chi connectivity index (χ0) is 16.2. The Kier molecular flexibility index (Phi) is 4.75. The molecule has 2 rings (SSSR count). The third-order valence-corrected chi connectivity index (χ3v) is 2.84. The summed E-state index contributed by atoms with van der Waals surface area (Å²) in [5.41, 5.74) is 0.178. The van der Waals surface area contributed by atoms with Gasteiger partial charge in [0.15, 0.2) is 5.82 Å². The van der Waals surface area contributed by atoms with E-state index < -0.39 is 0 Å². The van der Waals surface area contributed by atoms with Gasteiger partial charge in [-0.05, 0) is 19.1 Å². The summed E-state index contributed by atoms with van der Waals surface area (Å²) in [7, 11) is 0. The number of nitrogens with zero attached hydrogens (tertiary/aromatic N) is 3. The molecule has 2 aromatic rings. The summed E-state index contributed by atoms with van der Waals surface area (Å²) in [5.74, 6) is 0.976. The van der Waals surface area contributed by atoms with E-state index in [1.807, 2.05) is 27.7 Å².